The first-order chi connectivity index (χ1) is 12.1. The summed E-state index contributed by atoms with van der Waals surface area (Å²) in [4.78, 5) is 27.0. The fourth-order valence-corrected chi connectivity index (χ4v) is 3.75. The molecule has 0 aromatic carbocycles. The van der Waals surface area contributed by atoms with Gasteiger partial charge in [0.1, 0.15) is 0 Å². The Labute approximate surface area is 158 Å². The molecule has 1 fully saturated rings. The molecule has 25 heavy (non-hydrogen) atoms. The standard InChI is InChI=1S/C19H27BrN2O3/c1-2-25-19(24)9-14-3-5-15(6-4-14)11-21-8-7-18-16(13-23)10-17(20)12-22-18/h10,12-15,21H,2-9,11H2,1H3/t14-,15-. The van der Waals surface area contributed by atoms with Crippen LogP contribution in [-0.4, -0.2) is 36.9 Å². The van der Waals surface area contributed by atoms with Gasteiger partial charge in [0, 0.05) is 35.6 Å². The van der Waals surface area contributed by atoms with Gasteiger partial charge in [0.2, 0.25) is 0 Å². The molecule has 0 aliphatic heterocycles. The van der Waals surface area contributed by atoms with Crippen molar-refractivity contribution in [2.75, 3.05) is 19.7 Å². The van der Waals surface area contributed by atoms with Crippen molar-refractivity contribution in [3.05, 3.63) is 28.0 Å². The number of hydrogen-bond donors (Lipinski definition) is 1. The topological polar surface area (TPSA) is 68.3 Å². The van der Waals surface area contributed by atoms with Gasteiger partial charge >= 0.3 is 5.97 Å². The molecular formula is C19H27BrN2O3. The van der Waals surface area contributed by atoms with Gasteiger partial charge in [-0.1, -0.05) is 0 Å². The molecule has 1 aliphatic carbocycles. The van der Waals surface area contributed by atoms with Crippen molar-refractivity contribution in [1.29, 1.82) is 0 Å². The minimum absolute atomic E-state index is 0.0583. The maximum Gasteiger partial charge on any atom is 0.306 e. The number of esters is 1. The molecule has 0 spiro atoms. The van der Waals surface area contributed by atoms with Gasteiger partial charge in [0.25, 0.3) is 0 Å². The van der Waals surface area contributed by atoms with Gasteiger partial charge in [-0.3, -0.25) is 14.6 Å². The molecule has 0 radical (unpaired) electrons. The first-order valence-corrected chi connectivity index (χ1v) is 9.87. The number of halogens is 1. The first-order valence-electron chi connectivity index (χ1n) is 9.08. The van der Waals surface area contributed by atoms with E-state index in [0.717, 1.165) is 61.6 Å². The summed E-state index contributed by atoms with van der Waals surface area (Å²) in [6.07, 6.45) is 8.44. The van der Waals surface area contributed by atoms with Gasteiger partial charge < -0.3 is 10.1 Å². The van der Waals surface area contributed by atoms with Crippen LogP contribution in [0.4, 0.5) is 0 Å². The first kappa shape index (κ1) is 20.0. The zero-order valence-corrected chi connectivity index (χ0v) is 16.4. The van der Waals surface area contributed by atoms with Crippen LogP contribution in [0.25, 0.3) is 0 Å². The van der Waals surface area contributed by atoms with Crippen LogP contribution in [-0.2, 0) is 16.0 Å². The average molecular weight is 411 g/mol. The maximum absolute atomic E-state index is 11.5. The minimum atomic E-state index is -0.0583. The average Bonchev–Trinajstić information content (AvgIpc) is 2.61. The third kappa shape index (κ3) is 6.86. The monoisotopic (exact) mass is 410 g/mol. The van der Waals surface area contributed by atoms with Gasteiger partial charge in [-0.15, -0.1) is 0 Å². The molecule has 138 valence electrons. The van der Waals surface area contributed by atoms with E-state index in [-0.39, 0.29) is 5.97 Å². The van der Waals surface area contributed by atoms with Crippen molar-refractivity contribution in [2.45, 2.75) is 45.4 Å². The summed E-state index contributed by atoms with van der Waals surface area (Å²) in [7, 11) is 0. The van der Waals surface area contributed by atoms with Crippen molar-refractivity contribution in [1.82, 2.24) is 10.3 Å². The molecule has 0 unspecified atom stereocenters. The Morgan fingerprint density at radius 1 is 1.36 bits per heavy atom. The van der Waals surface area contributed by atoms with Crippen LogP contribution < -0.4 is 5.32 Å². The number of carbonyl (C=O) groups is 2. The molecule has 0 amide bonds. The van der Waals surface area contributed by atoms with Crippen molar-refractivity contribution in [3.8, 4) is 0 Å². The Balaban J connectivity index is 1.64. The van der Waals surface area contributed by atoms with E-state index in [4.69, 9.17) is 4.74 Å². The molecule has 1 N–H and O–H groups in total. The Bertz CT molecular complexity index is 572. The molecule has 1 saturated carbocycles. The zero-order chi connectivity index (χ0) is 18.1. The summed E-state index contributed by atoms with van der Waals surface area (Å²) in [5.74, 6) is 1.09. The summed E-state index contributed by atoms with van der Waals surface area (Å²) in [5.41, 5.74) is 1.49. The van der Waals surface area contributed by atoms with Crippen molar-refractivity contribution in [2.24, 2.45) is 11.8 Å². The van der Waals surface area contributed by atoms with Crippen LogP contribution in [0.3, 0.4) is 0 Å². The van der Waals surface area contributed by atoms with Crippen LogP contribution in [0.15, 0.2) is 16.7 Å². The van der Waals surface area contributed by atoms with Crippen molar-refractivity contribution >= 4 is 28.2 Å². The third-order valence-corrected chi connectivity index (χ3v) is 5.23. The lowest BCUT2D eigenvalue weighted by Crippen LogP contribution is -2.29. The Kier molecular flexibility index (Phi) is 8.55. The minimum Gasteiger partial charge on any atom is -0.466 e. The molecule has 1 heterocycles. The normalized spacial score (nSPS) is 20.2. The van der Waals surface area contributed by atoms with Crippen LogP contribution >= 0.6 is 15.9 Å². The van der Waals surface area contributed by atoms with Crippen LogP contribution in [0.2, 0.25) is 0 Å². The highest BCUT2D eigenvalue weighted by atomic mass is 79.9. The molecule has 5 nitrogen and oxygen atoms in total. The Morgan fingerprint density at radius 2 is 2.08 bits per heavy atom. The van der Waals surface area contributed by atoms with E-state index < -0.39 is 0 Å². The molecule has 0 saturated heterocycles. The third-order valence-electron chi connectivity index (χ3n) is 4.80. The van der Waals surface area contributed by atoms with E-state index in [1.165, 1.54) is 0 Å². The van der Waals surface area contributed by atoms with Crippen molar-refractivity contribution in [3.63, 3.8) is 0 Å². The summed E-state index contributed by atoms with van der Waals surface area (Å²) >= 11 is 3.33. The number of pyridine rings is 1. The number of nitrogens with zero attached hydrogens (tertiary/aromatic N) is 1. The Morgan fingerprint density at radius 3 is 2.76 bits per heavy atom. The van der Waals surface area contributed by atoms with Gasteiger partial charge in [0.15, 0.2) is 6.29 Å². The molecule has 0 atom stereocenters. The summed E-state index contributed by atoms with van der Waals surface area (Å²) in [6.45, 7) is 4.12. The van der Waals surface area contributed by atoms with E-state index in [0.29, 0.717) is 30.4 Å². The molecular weight excluding hydrogens is 384 g/mol. The van der Waals surface area contributed by atoms with Crippen LogP contribution in [0.5, 0.6) is 0 Å². The number of aromatic nitrogens is 1. The lowest BCUT2D eigenvalue weighted by atomic mass is 9.80. The molecule has 1 aliphatic rings. The number of carbonyl (C=O) groups excluding carboxylic acids is 2. The fraction of sp³-hybridized carbons (Fsp3) is 0.632. The predicted octanol–water partition coefficient (Wildman–Crippen LogP) is 3.55. The van der Waals surface area contributed by atoms with Gasteiger partial charge in [0.05, 0.1) is 12.3 Å². The second kappa shape index (κ2) is 10.7. The van der Waals surface area contributed by atoms with Gasteiger partial charge in [-0.05, 0) is 73.0 Å². The summed E-state index contributed by atoms with van der Waals surface area (Å²) in [5, 5.41) is 3.49. The molecule has 1 aromatic rings. The van der Waals surface area contributed by atoms with Crippen molar-refractivity contribution < 1.29 is 14.3 Å². The van der Waals surface area contributed by atoms with Gasteiger partial charge in [-0.25, -0.2) is 0 Å². The summed E-state index contributed by atoms with van der Waals surface area (Å²) in [6, 6.07) is 1.81. The molecule has 0 bridgehead atoms. The van der Waals surface area contributed by atoms with E-state index in [1.807, 2.05) is 6.92 Å². The smallest absolute Gasteiger partial charge is 0.306 e. The van der Waals surface area contributed by atoms with E-state index in [2.05, 4.69) is 26.2 Å². The Hall–Kier alpha value is -1.27. The van der Waals surface area contributed by atoms with Crippen LogP contribution in [0.1, 0.15) is 55.1 Å². The highest BCUT2D eigenvalue weighted by Crippen LogP contribution is 2.30. The fourth-order valence-electron chi connectivity index (χ4n) is 3.40. The number of nitrogens with one attached hydrogen (secondary N) is 1. The second-order valence-corrected chi connectivity index (χ2v) is 7.57. The number of hydrogen-bond acceptors (Lipinski definition) is 5. The van der Waals surface area contributed by atoms with E-state index >= 15 is 0 Å². The molecule has 6 heteroatoms. The SMILES string of the molecule is CCOC(=O)C[C@H]1CC[C@H](CNCCc2ncc(Br)cc2C=O)CC1. The largest absolute Gasteiger partial charge is 0.466 e. The lowest BCUT2D eigenvalue weighted by molar-refractivity contribution is -0.144. The number of rotatable bonds is 9. The molecule has 1 aromatic heterocycles. The van der Waals surface area contributed by atoms with Gasteiger partial charge in [-0.2, -0.15) is 0 Å². The highest BCUT2D eigenvalue weighted by Gasteiger charge is 2.23. The molecule has 2 rings (SSSR count). The number of ether oxygens (including phenoxy) is 1. The lowest BCUT2D eigenvalue weighted by Gasteiger charge is -2.28. The van der Waals surface area contributed by atoms with E-state index in [9.17, 15) is 9.59 Å². The predicted molar refractivity (Wildman–Crippen MR) is 101 cm³/mol. The number of aldehydes is 1. The van der Waals surface area contributed by atoms with Crippen LogP contribution in [0, 0.1) is 11.8 Å². The maximum atomic E-state index is 11.5. The van der Waals surface area contributed by atoms with E-state index in [1.54, 1.807) is 12.3 Å². The zero-order valence-electron chi connectivity index (χ0n) is 14.8. The quantitative estimate of drug-likeness (QED) is 0.383. The summed E-state index contributed by atoms with van der Waals surface area (Å²) < 4.78 is 5.86. The second-order valence-electron chi connectivity index (χ2n) is 6.66. The highest BCUT2D eigenvalue weighted by molar-refractivity contribution is 9.10.